The largest absolute Gasteiger partial charge is 0.358 e. The maximum Gasteiger partial charge on any atom is 0.253 e. The first-order valence-corrected chi connectivity index (χ1v) is 10.7. The van der Waals surface area contributed by atoms with Crippen molar-refractivity contribution in [3.8, 4) is 22.5 Å². The van der Waals surface area contributed by atoms with Crippen molar-refractivity contribution in [2.75, 3.05) is 6.54 Å². The van der Waals surface area contributed by atoms with Crippen molar-refractivity contribution in [1.82, 2.24) is 20.3 Å². The number of hydrogen-bond donors (Lipinski definition) is 2. The fourth-order valence-electron chi connectivity index (χ4n) is 4.58. The highest BCUT2D eigenvalue weighted by Crippen LogP contribution is 2.29. The second kappa shape index (κ2) is 7.82. The topological polar surface area (TPSA) is 70.7 Å². The van der Waals surface area contributed by atoms with Gasteiger partial charge in [0.15, 0.2) is 0 Å². The molecule has 0 aromatic carbocycles. The summed E-state index contributed by atoms with van der Waals surface area (Å²) >= 11 is 0. The molecule has 1 aliphatic carbocycles. The quantitative estimate of drug-likeness (QED) is 0.676. The van der Waals surface area contributed by atoms with E-state index in [0.29, 0.717) is 6.54 Å². The van der Waals surface area contributed by atoms with Gasteiger partial charge in [-0.05, 0) is 49.1 Å². The number of aromatic amines is 1. The third-order valence-corrected chi connectivity index (χ3v) is 6.28. The Morgan fingerprint density at radius 1 is 1.03 bits per heavy atom. The first-order chi connectivity index (χ1) is 14.3. The number of hydrogen-bond acceptors (Lipinski definition) is 3. The predicted octanol–water partition coefficient (Wildman–Crippen LogP) is 4.55. The van der Waals surface area contributed by atoms with E-state index in [-0.39, 0.29) is 5.91 Å². The number of amides is 1. The van der Waals surface area contributed by atoms with Crippen molar-refractivity contribution in [3.63, 3.8) is 0 Å². The minimum atomic E-state index is 0.000391. The Kier molecular flexibility index (Phi) is 4.88. The molecule has 148 valence electrons. The van der Waals surface area contributed by atoms with E-state index in [0.717, 1.165) is 52.5 Å². The lowest BCUT2D eigenvalue weighted by Crippen LogP contribution is -2.31. The summed E-state index contributed by atoms with van der Waals surface area (Å²) in [5, 5.41) is 2.89. The number of nitrogens with zero attached hydrogens (tertiary/aromatic N) is 2. The zero-order chi connectivity index (χ0) is 19.6. The number of rotatable bonds is 5. The van der Waals surface area contributed by atoms with E-state index in [9.17, 15) is 4.79 Å². The van der Waals surface area contributed by atoms with Crippen LogP contribution < -0.4 is 5.32 Å². The molecule has 3 aromatic rings. The van der Waals surface area contributed by atoms with E-state index >= 15 is 0 Å². The van der Waals surface area contributed by atoms with Crippen LogP contribution in [0, 0.1) is 5.92 Å². The molecule has 1 aliphatic heterocycles. The maximum atomic E-state index is 12.0. The number of carbonyl (C=O) groups is 1. The second-order valence-corrected chi connectivity index (χ2v) is 8.24. The van der Waals surface area contributed by atoms with Crippen LogP contribution in [0.2, 0.25) is 0 Å². The highest BCUT2D eigenvalue weighted by atomic mass is 16.1. The highest BCUT2D eigenvalue weighted by Gasteiger charge is 2.20. The van der Waals surface area contributed by atoms with Crippen LogP contribution in [0.5, 0.6) is 0 Å². The first-order valence-electron chi connectivity index (χ1n) is 10.7. The lowest BCUT2D eigenvalue weighted by molar-refractivity contribution is 0.0946. The molecular formula is C24H26N4O. The van der Waals surface area contributed by atoms with Crippen molar-refractivity contribution in [3.05, 3.63) is 59.7 Å². The summed E-state index contributed by atoms with van der Waals surface area (Å²) in [6, 6.07) is 10.2. The monoisotopic (exact) mass is 386 g/mol. The molecule has 1 fully saturated rings. The van der Waals surface area contributed by atoms with Gasteiger partial charge in [0, 0.05) is 53.6 Å². The lowest BCUT2D eigenvalue weighted by Gasteiger charge is -2.11. The summed E-state index contributed by atoms with van der Waals surface area (Å²) in [7, 11) is 0. The average molecular weight is 386 g/mol. The van der Waals surface area contributed by atoms with Gasteiger partial charge >= 0.3 is 0 Å². The Morgan fingerprint density at radius 2 is 1.93 bits per heavy atom. The van der Waals surface area contributed by atoms with Crippen molar-refractivity contribution >= 4 is 5.91 Å². The average Bonchev–Trinajstić information content (AvgIpc) is 3.43. The van der Waals surface area contributed by atoms with E-state index in [2.05, 4.69) is 38.5 Å². The van der Waals surface area contributed by atoms with Gasteiger partial charge in [-0.25, -0.2) is 0 Å². The number of pyridine rings is 2. The minimum absolute atomic E-state index is 0.000391. The fourth-order valence-corrected chi connectivity index (χ4v) is 4.58. The molecular weight excluding hydrogens is 360 g/mol. The van der Waals surface area contributed by atoms with E-state index in [1.54, 1.807) is 0 Å². The standard InChI is InChI=1S/C24H26N4O/c29-24-20-14-23(28-21(20)10-12-26-24)17-9-11-25-22(13-17)18-6-8-19(27-15-18)7-5-16-3-1-2-4-16/h6,8-9,11,13-16,28H,1-5,7,10,12H2,(H,26,29). The van der Waals surface area contributed by atoms with Gasteiger partial charge in [-0.15, -0.1) is 0 Å². The van der Waals surface area contributed by atoms with Crippen LogP contribution in [0.1, 0.15) is 53.8 Å². The second-order valence-electron chi connectivity index (χ2n) is 8.24. The van der Waals surface area contributed by atoms with Gasteiger partial charge in [-0.2, -0.15) is 0 Å². The molecule has 0 spiro atoms. The summed E-state index contributed by atoms with van der Waals surface area (Å²) < 4.78 is 0. The molecule has 5 heteroatoms. The third kappa shape index (κ3) is 3.82. The number of H-pyrrole nitrogens is 1. The van der Waals surface area contributed by atoms with Crippen molar-refractivity contribution in [2.45, 2.75) is 44.9 Å². The molecule has 0 saturated heterocycles. The van der Waals surface area contributed by atoms with Crippen LogP contribution in [0.4, 0.5) is 0 Å². The molecule has 0 unspecified atom stereocenters. The third-order valence-electron chi connectivity index (χ3n) is 6.28. The summed E-state index contributed by atoms with van der Waals surface area (Å²) in [5.41, 5.74) is 6.83. The SMILES string of the molecule is O=C1NCCc2[nH]c(-c3ccnc(-c4ccc(CCC5CCCC5)nc4)c3)cc21. The molecule has 1 amide bonds. The van der Waals surface area contributed by atoms with Gasteiger partial charge in [0.1, 0.15) is 0 Å². The minimum Gasteiger partial charge on any atom is -0.358 e. The number of carbonyl (C=O) groups excluding carboxylic acids is 1. The van der Waals surface area contributed by atoms with Crippen molar-refractivity contribution in [1.29, 1.82) is 0 Å². The highest BCUT2D eigenvalue weighted by molar-refractivity contribution is 5.97. The van der Waals surface area contributed by atoms with Crippen LogP contribution in [0.3, 0.4) is 0 Å². The Morgan fingerprint density at radius 3 is 2.72 bits per heavy atom. The fraction of sp³-hybridized carbons (Fsp3) is 0.375. The van der Waals surface area contributed by atoms with E-state index < -0.39 is 0 Å². The number of aromatic nitrogens is 3. The van der Waals surface area contributed by atoms with Gasteiger partial charge in [-0.3, -0.25) is 14.8 Å². The van der Waals surface area contributed by atoms with E-state index in [1.165, 1.54) is 37.8 Å². The molecule has 29 heavy (non-hydrogen) atoms. The number of aryl methyl sites for hydroxylation is 1. The molecule has 0 atom stereocenters. The van der Waals surface area contributed by atoms with Gasteiger partial charge in [0.2, 0.25) is 0 Å². The van der Waals surface area contributed by atoms with Crippen LogP contribution in [0.25, 0.3) is 22.5 Å². The molecule has 5 rings (SSSR count). The van der Waals surface area contributed by atoms with Gasteiger partial charge < -0.3 is 10.3 Å². The first kappa shape index (κ1) is 18.1. The van der Waals surface area contributed by atoms with Crippen molar-refractivity contribution < 1.29 is 4.79 Å². The summed E-state index contributed by atoms with van der Waals surface area (Å²) in [4.78, 5) is 24.7. The smallest absolute Gasteiger partial charge is 0.253 e. The Hall–Kier alpha value is -2.95. The van der Waals surface area contributed by atoms with Crippen LogP contribution in [-0.4, -0.2) is 27.4 Å². The summed E-state index contributed by atoms with van der Waals surface area (Å²) in [6.45, 7) is 0.687. The molecule has 5 nitrogen and oxygen atoms in total. The molecule has 2 aliphatic rings. The summed E-state index contributed by atoms with van der Waals surface area (Å²) in [5.74, 6) is 0.893. The Labute approximate surface area is 171 Å². The molecule has 1 saturated carbocycles. The number of nitrogens with one attached hydrogen (secondary N) is 2. The zero-order valence-corrected chi connectivity index (χ0v) is 16.6. The zero-order valence-electron chi connectivity index (χ0n) is 16.6. The normalized spacial score (nSPS) is 16.6. The van der Waals surface area contributed by atoms with Gasteiger partial charge in [0.25, 0.3) is 5.91 Å². The molecule has 0 bridgehead atoms. The summed E-state index contributed by atoms with van der Waals surface area (Å²) in [6.07, 6.45) is 12.5. The Bertz CT molecular complexity index is 1020. The van der Waals surface area contributed by atoms with Crippen LogP contribution >= 0.6 is 0 Å². The molecule has 0 radical (unpaired) electrons. The van der Waals surface area contributed by atoms with E-state index in [4.69, 9.17) is 0 Å². The number of fused-ring (bicyclic) bond motifs is 1. The van der Waals surface area contributed by atoms with Crippen LogP contribution in [0.15, 0.2) is 42.7 Å². The lowest BCUT2D eigenvalue weighted by atomic mass is 10.00. The molecule has 4 heterocycles. The predicted molar refractivity (Wildman–Crippen MR) is 114 cm³/mol. The van der Waals surface area contributed by atoms with Gasteiger partial charge in [0.05, 0.1) is 11.3 Å². The Balaban J connectivity index is 1.33. The van der Waals surface area contributed by atoms with Gasteiger partial charge in [-0.1, -0.05) is 25.7 Å². The van der Waals surface area contributed by atoms with E-state index in [1.807, 2.05) is 24.5 Å². The molecule has 3 aromatic heterocycles. The van der Waals surface area contributed by atoms with Crippen LogP contribution in [-0.2, 0) is 12.8 Å². The maximum absolute atomic E-state index is 12.0. The molecule has 2 N–H and O–H groups in total. The van der Waals surface area contributed by atoms with Crippen molar-refractivity contribution in [2.24, 2.45) is 5.92 Å².